The van der Waals surface area contributed by atoms with Gasteiger partial charge in [-0.05, 0) is 12.1 Å². The van der Waals surface area contributed by atoms with Crippen LogP contribution in [0.25, 0.3) is 0 Å². The van der Waals surface area contributed by atoms with E-state index in [1.165, 1.54) is 19.2 Å². The molecule has 0 N–H and O–H groups in total. The summed E-state index contributed by atoms with van der Waals surface area (Å²) in [6.45, 7) is 0. The van der Waals surface area contributed by atoms with E-state index in [4.69, 9.17) is 5.26 Å². The number of rotatable bonds is 2. The first-order valence-electron chi connectivity index (χ1n) is 3.95. The molecule has 0 fully saturated rings. The number of thiol groups is 1. The van der Waals surface area contributed by atoms with Crippen LogP contribution in [0.15, 0.2) is 17.0 Å². The molecule has 0 radical (unpaired) electrons. The third-order valence-corrected chi connectivity index (χ3v) is 2.34. The lowest BCUT2D eigenvalue weighted by Gasteiger charge is -2.05. The van der Waals surface area contributed by atoms with Crippen LogP contribution in [0.5, 0.6) is 0 Å². The highest BCUT2D eigenvalue weighted by molar-refractivity contribution is 7.80. The Morgan fingerprint density at radius 1 is 1.60 bits per heavy atom. The van der Waals surface area contributed by atoms with Crippen molar-refractivity contribution in [1.29, 1.82) is 5.26 Å². The number of carbonyl (C=O) groups is 2. The minimum atomic E-state index is -0.626. The number of ether oxygens (including phenoxy) is 1. The number of aldehydes is 1. The fourth-order valence-corrected chi connectivity index (χ4v) is 1.39. The second-order valence-corrected chi connectivity index (χ2v) is 3.09. The number of benzene rings is 1. The molecule has 0 unspecified atom stereocenters. The number of hydrogen-bond donors (Lipinski definition) is 1. The molecular formula is C10H7NO3S. The van der Waals surface area contributed by atoms with Crippen LogP contribution in [0.2, 0.25) is 0 Å². The quantitative estimate of drug-likeness (QED) is 0.466. The largest absolute Gasteiger partial charge is 0.465 e. The van der Waals surface area contributed by atoms with E-state index in [9.17, 15) is 9.59 Å². The molecular weight excluding hydrogens is 214 g/mol. The smallest absolute Gasteiger partial charge is 0.339 e. The molecule has 0 atom stereocenters. The summed E-state index contributed by atoms with van der Waals surface area (Å²) in [6.07, 6.45) is 0.574. The SMILES string of the molecule is COC(=O)c1ccc(C=O)c(S)c1C#N. The summed E-state index contributed by atoms with van der Waals surface area (Å²) in [6, 6.07) is 4.61. The number of hydrogen-bond acceptors (Lipinski definition) is 5. The van der Waals surface area contributed by atoms with Gasteiger partial charge in [0.2, 0.25) is 0 Å². The highest BCUT2D eigenvalue weighted by atomic mass is 32.1. The topological polar surface area (TPSA) is 67.2 Å². The zero-order valence-corrected chi connectivity index (χ0v) is 8.75. The van der Waals surface area contributed by atoms with Crippen molar-refractivity contribution in [1.82, 2.24) is 0 Å². The molecule has 0 aliphatic rings. The molecule has 1 rings (SSSR count). The Balaban J connectivity index is 3.45. The van der Waals surface area contributed by atoms with Gasteiger partial charge in [0.1, 0.15) is 6.07 Å². The maximum absolute atomic E-state index is 11.2. The van der Waals surface area contributed by atoms with Crippen molar-refractivity contribution in [2.45, 2.75) is 4.90 Å². The molecule has 0 aliphatic heterocycles. The van der Waals surface area contributed by atoms with Crippen molar-refractivity contribution in [3.8, 4) is 6.07 Å². The van der Waals surface area contributed by atoms with E-state index in [0.29, 0.717) is 6.29 Å². The van der Waals surface area contributed by atoms with E-state index < -0.39 is 5.97 Å². The molecule has 0 heterocycles. The van der Waals surface area contributed by atoms with Gasteiger partial charge in [-0.3, -0.25) is 4.79 Å². The zero-order valence-electron chi connectivity index (χ0n) is 7.85. The van der Waals surface area contributed by atoms with Crippen molar-refractivity contribution in [3.63, 3.8) is 0 Å². The molecule has 0 aliphatic carbocycles. The maximum atomic E-state index is 11.2. The van der Waals surface area contributed by atoms with Crippen LogP contribution in [0.4, 0.5) is 0 Å². The summed E-state index contributed by atoms with van der Waals surface area (Å²) in [7, 11) is 1.22. The lowest BCUT2D eigenvalue weighted by Crippen LogP contribution is -2.05. The van der Waals surface area contributed by atoms with Gasteiger partial charge in [0.05, 0.1) is 18.2 Å². The molecule has 5 heteroatoms. The highest BCUT2D eigenvalue weighted by Crippen LogP contribution is 2.21. The van der Waals surface area contributed by atoms with Crippen molar-refractivity contribution in [3.05, 3.63) is 28.8 Å². The van der Waals surface area contributed by atoms with Crippen LogP contribution >= 0.6 is 12.6 Å². The highest BCUT2D eigenvalue weighted by Gasteiger charge is 2.16. The van der Waals surface area contributed by atoms with Gasteiger partial charge in [0, 0.05) is 10.5 Å². The van der Waals surface area contributed by atoms with Crippen molar-refractivity contribution >= 4 is 24.9 Å². The minimum absolute atomic E-state index is 0.0507. The summed E-state index contributed by atoms with van der Waals surface area (Å²) in [5.41, 5.74) is 0.424. The van der Waals surface area contributed by atoms with E-state index in [1.807, 2.05) is 6.07 Å². The number of nitriles is 1. The fourth-order valence-electron chi connectivity index (χ4n) is 1.10. The van der Waals surface area contributed by atoms with Crippen LogP contribution in [0.3, 0.4) is 0 Å². The zero-order chi connectivity index (χ0) is 11.4. The fraction of sp³-hybridized carbons (Fsp3) is 0.100. The Kier molecular flexibility index (Phi) is 3.47. The standard InChI is InChI=1S/C10H7NO3S/c1-14-10(13)7-3-2-6(5-12)9(15)8(7)4-11/h2-3,5,15H,1H3. The van der Waals surface area contributed by atoms with E-state index >= 15 is 0 Å². The van der Waals surface area contributed by atoms with Gasteiger partial charge in [-0.25, -0.2) is 4.79 Å². The first-order chi connectivity index (χ1) is 7.15. The Bertz CT molecular complexity index is 462. The number of esters is 1. The van der Waals surface area contributed by atoms with Crippen molar-refractivity contribution in [2.24, 2.45) is 0 Å². The third kappa shape index (κ3) is 2.00. The average molecular weight is 221 g/mol. The van der Waals surface area contributed by atoms with Crippen molar-refractivity contribution < 1.29 is 14.3 Å². The molecule has 0 bridgehead atoms. The first-order valence-corrected chi connectivity index (χ1v) is 4.40. The molecule has 4 nitrogen and oxygen atoms in total. The Morgan fingerprint density at radius 2 is 2.27 bits per heavy atom. The van der Waals surface area contributed by atoms with Gasteiger partial charge in [0.15, 0.2) is 6.29 Å². The van der Waals surface area contributed by atoms with Crippen LogP contribution in [0, 0.1) is 11.3 Å². The van der Waals surface area contributed by atoms with Gasteiger partial charge in [-0.15, -0.1) is 12.6 Å². The monoisotopic (exact) mass is 221 g/mol. The first kappa shape index (κ1) is 11.3. The molecule has 0 saturated heterocycles. The summed E-state index contributed by atoms with van der Waals surface area (Å²) >= 11 is 4.01. The lowest BCUT2D eigenvalue weighted by atomic mass is 10.1. The lowest BCUT2D eigenvalue weighted by molar-refractivity contribution is 0.0600. The second-order valence-electron chi connectivity index (χ2n) is 2.65. The summed E-state index contributed by atoms with van der Waals surface area (Å²) in [5.74, 6) is -0.626. The molecule has 0 saturated carbocycles. The minimum Gasteiger partial charge on any atom is -0.465 e. The molecule has 76 valence electrons. The Morgan fingerprint density at radius 3 is 2.73 bits per heavy atom. The molecule has 1 aromatic carbocycles. The van der Waals surface area contributed by atoms with Gasteiger partial charge in [0.25, 0.3) is 0 Å². The van der Waals surface area contributed by atoms with E-state index in [2.05, 4.69) is 17.4 Å². The Labute approximate surface area is 91.9 Å². The number of nitrogens with zero attached hydrogens (tertiary/aromatic N) is 1. The van der Waals surface area contributed by atoms with Gasteiger partial charge in [-0.1, -0.05) is 0 Å². The van der Waals surface area contributed by atoms with E-state index in [-0.39, 0.29) is 21.6 Å². The van der Waals surface area contributed by atoms with Gasteiger partial charge >= 0.3 is 5.97 Å². The van der Waals surface area contributed by atoms with Crippen LogP contribution in [0.1, 0.15) is 26.3 Å². The average Bonchev–Trinajstić information content (AvgIpc) is 2.27. The van der Waals surface area contributed by atoms with Crippen LogP contribution < -0.4 is 0 Å². The van der Waals surface area contributed by atoms with E-state index in [1.54, 1.807) is 0 Å². The number of methoxy groups -OCH3 is 1. The van der Waals surface area contributed by atoms with Crippen LogP contribution in [-0.2, 0) is 4.74 Å². The summed E-state index contributed by atoms with van der Waals surface area (Å²) < 4.78 is 4.49. The molecule has 0 amide bonds. The summed E-state index contributed by atoms with van der Waals surface area (Å²) in [4.78, 5) is 22.0. The maximum Gasteiger partial charge on any atom is 0.339 e. The number of carbonyl (C=O) groups excluding carboxylic acids is 2. The van der Waals surface area contributed by atoms with Crippen molar-refractivity contribution in [2.75, 3.05) is 7.11 Å². The molecule has 0 spiro atoms. The molecule has 1 aromatic rings. The van der Waals surface area contributed by atoms with Crippen LogP contribution in [-0.4, -0.2) is 19.4 Å². The summed E-state index contributed by atoms with van der Waals surface area (Å²) in [5, 5.41) is 8.84. The molecule has 0 aromatic heterocycles. The Hall–Kier alpha value is -1.80. The predicted octanol–water partition coefficient (Wildman–Crippen LogP) is 1.45. The van der Waals surface area contributed by atoms with Gasteiger partial charge < -0.3 is 4.74 Å². The van der Waals surface area contributed by atoms with Gasteiger partial charge in [-0.2, -0.15) is 5.26 Å². The second kappa shape index (κ2) is 4.62. The predicted molar refractivity (Wildman–Crippen MR) is 55.1 cm³/mol. The third-order valence-electron chi connectivity index (χ3n) is 1.85. The normalized spacial score (nSPS) is 9.13. The van der Waals surface area contributed by atoms with E-state index in [0.717, 1.165) is 0 Å². The molecule has 15 heavy (non-hydrogen) atoms.